The van der Waals surface area contributed by atoms with E-state index >= 15 is 4.39 Å². The van der Waals surface area contributed by atoms with Gasteiger partial charge in [0.15, 0.2) is 11.6 Å². The largest absolute Gasteiger partial charge is 0.467 e. The molecule has 1 fully saturated rings. The van der Waals surface area contributed by atoms with Crippen LogP contribution in [0.2, 0.25) is 0 Å². The zero-order valence-corrected chi connectivity index (χ0v) is 24.6. The van der Waals surface area contributed by atoms with Crippen LogP contribution in [0.25, 0.3) is 39.0 Å². The van der Waals surface area contributed by atoms with Crippen molar-refractivity contribution >= 4 is 39.5 Å². The number of hydrogen-bond donors (Lipinski definition) is 0. The van der Waals surface area contributed by atoms with Crippen molar-refractivity contribution in [3.63, 3.8) is 0 Å². The number of rotatable bonds is 5. The van der Waals surface area contributed by atoms with Crippen LogP contribution in [0.4, 0.5) is 19.0 Å². The van der Waals surface area contributed by atoms with Crippen LogP contribution in [0.15, 0.2) is 48.4 Å². The van der Waals surface area contributed by atoms with Crippen molar-refractivity contribution in [3.8, 4) is 29.6 Å². The highest BCUT2D eigenvalue weighted by Gasteiger charge is 2.28. The van der Waals surface area contributed by atoms with Gasteiger partial charge in [-0.2, -0.15) is 9.97 Å². The molecule has 226 valence electrons. The van der Waals surface area contributed by atoms with E-state index in [4.69, 9.17) is 11.2 Å². The maximum absolute atomic E-state index is 16.3. The molecule has 0 aliphatic carbocycles. The fourth-order valence-corrected chi connectivity index (χ4v) is 5.52. The summed E-state index contributed by atoms with van der Waals surface area (Å²) in [7, 11) is 1.37. The van der Waals surface area contributed by atoms with Gasteiger partial charge in [0.1, 0.15) is 28.7 Å². The average molecular weight is 610 g/mol. The smallest absolute Gasteiger partial charge is 0.318 e. The number of carbonyl (C=O) groups excluding carboxylic acids is 1. The molecule has 2 aromatic carbocycles. The fraction of sp³-hybridized carbons (Fsp3) is 0.212. The number of amides is 1. The summed E-state index contributed by atoms with van der Waals surface area (Å²) in [6, 6.07) is 9.44. The molecule has 9 nitrogen and oxygen atoms in total. The molecule has 5 aromatic rings. The zero-order valence-electron chi connectivity index (χ0n) is 24.6. The standard InChI is InChI=1S/C33H26F3N7O2/c1-5-22-25(34)10-9-20-7-6-8-23(27(20)22)29-28(36)30-24(17-37-29)31(41-33(40-30)45-4)42-11-13-43(14-12-42)32(44)26(35)16-21-15-18(2)38-19(3)39-21/h1,6-10,15-17H,11-14H2,2-4H3/b26-16-. The SMILES string of the molecule is C#Cc1c(F)ccc2cccc(-c3ncc4c(N5CCN(C(=O)/C(F)=C/c6cc(C)nc(C)n6)CC5)nc(OC)nc4c3F)c12. The van der Waals surface area contributed by atoms with Gasteiger partial charge in [0, 0.05) is 55.1 Å². The Balaban J connectivity index is 1.32. The molecular weight excluding hydrogens is 583 g/mol. The van der Waals surface area contributed by atoms with Gasteiger partial charge in [-0.3, -0.25) is 9.78 Å². The molecule has 45 heavy (non-hydrogen) atoms. The Hall–Kier alpha value is -5.57. The molecule has 1 amide bonds. The Morgan fingerprint density at radius 2 is 1.82 bits per heavy atom. The first-order valence-electron chi connectivity index (χ1n) is 14.0. The van der Waals surface area contributed by atoms with Gasteiger partial charge in [-0.25, -0.2) is 23.1 Å². The average Bonchev–Trinajstić information content (AvgIpc) is 3.03. The number of benzene rings is 2. The molecule has 1 aliphatic rings. The number of hydrogen-bond acceptors (Lipinski definition) is 8. The summed E-state index contributed by atoms with van der Waals surface area (Å²) in [5, 5.41) is 1.30. The Kier molecular flexibility index (Phi) is 7.76. The number of fused-ring (bicyclic) bond motifs is 2. The number of aromatic nitrogens is 5. The normalized spacial score (nSPS) is 13.8. The second kappa shape index (κ2) is 11.8. The van der Waals surface area contributed by atoms with Crippen LogP contribution in [0.5, 0.6) is 6.01 Å². The maximum atomic E-state index is 16.3. The lowest BCUT2D eigenvalue weighted by Crippen LogP contribution is -2.49. The van der Waals surface area contributed by atoms with Gasteiger partial charge >= 0.3 is 6.01 Å². The van der Waals surface area contributed by atoms with Crippen LogP contribution >= 0.6 is 0 Å². The summed E-state index contributed by atoms with van der Waals surface area (Å²) in [6.45, 7) is 4.37. The third-order valence-electron chi connectivity index (χ3n) is 7.55. The number of carbonyl (C=O) groups is 1. The highest BCUT2D eigenvalue weighted by molar-refractivity contribution is 6.02. The molecule has 0 bridgehead atoms. The lowest BCUT2D eigenvalue weighted by atomic mass is 9.96. The van der Waals surface area contributed by atoms with Crippen molar-refractivity contribution in [2.24, 2.45) is 0 Å². The first-order valence-corrected chi connectivity index (χ1v) is 14.0. The van der Waals surface area contributed by atoms with E-state index in [2.05, 4.69) is 30.8 Å². The van der Waals surface area contributed by atoms with E-state index in [9.17, 15) is 13.6 Å². The predicted octanol–water partition coefficient (Wildman–Crippen LogP) is 5.18. The Morgan fingerprint density at radius 3 is 2.53 bits per heavy atom. The molecule has 0 N–H and O–H groups in total. The predicted molar refractivity (Wildman–Crippen MR) is 164 cm³/mol. The van der Waals surface area contributed by atoms with Crippen LogP contribution in [0.1, 0.15) is 22.8 Å². The molecule has 0 radical (unpaired) electrons. The highest BCUT2D eigenvalue weighted by Crippen LogP contribution is 2.36. The third-order valence-corrected chi connectivity index (χ3v) is 7.55. The van der Waals surface area contributed by atoms with Gasteiger partial charge in [-0.15, -0.1) is 6.42 Å². The minimum atomic E-state index is -0.935. The van der Waals surface area contributed by atoms with Gasteiger partial charge in [-0.1, -0.05) is 30.2 Å². The zero-order chi connectivity index (χ0) is 31.8. The minimum absolute atomic E-state index is 0.00585. The number of anilines is 1. The molecule has 0 saturated carbocycles. The van der Waals surface area contributed by atoms with Gasteiger partial charge in [0.05, 0.1) is 23.8 Å². The number of pyridine rings is 1. The minimum Gasteiger partial charge on any atom is -0.467 e. The molecule has 1 aliphatic heterocycles. The highest BCUT2D eigenvalue weighted by atomic mass is 19.1. The van der Waals surface area contributed by atoms with Crippen molar-refractivity contribution in [2.45, 2.75) is 13.8 Å². The second-order valence-corrected chi connectivity index (χ2v) is 10.4. The van der Waals surface area contributed by atoms with E-state index in [-0.39, 0.29) is 49.0 Å². The number of methoxy groups -OCH3 is 1. The summed E-state index contributed by atoms with van der Waals surface area (Å²) < 4.78 is 51.1. The number of aryl methyl sites for hydroxylation is 2. The molecule has 0 unspecified atom stereocenters. The summed E-state index contributed by atoms with van der Waals surface area (Å²) in [4.78, 5) is 37.6. The summed E-state index contributed by atoms with van der Waals surface area (Å²) in [5.74, 6) is 0.140. The fourth-order valence-electron chi connectivity index (χ4n) is 5.52. The molecule has 12 heteroatoms. The molecule has 6 rings (SSSR count). The maximum Gasteiger partial charge on any atom is 0.318 e. The molecule has 3 aromatic heterocycles. The second-order valence-electron chi connectivity index (χ2n) is 10.4. The van der Waals surface area contributed by atoms with E-state index in [0.717, 1.165) is 6.08 Å². The molecule has 0 atom stereocenters. The Morgan fingerprint density at radius 1 is 1.04 bits per heavy atom. The molecule has 0 spiro atoms. The van der Waals surface area contributed by atoms with Crippen LogP contribution in [0, 0.1) is 37.8 Å². The van der Waals surface area contributed by atoms with Crippen molar-refractivity contribution in [3.05, 3.63) is 82.8 Å². The third kappa shape index (κ3) is 5.48. The van der Waals surface area contributed by atoms with Crippen LogP contribution in [-0.2, 0) is 4.79 Å². The van der Waals surface area contributed by atoms with Crippen LogP contribution < -0.4 is 9.64 Å². The van der Waals surface area contributed by atoms with E-state index in [1.165, 1.54) is 24.3 Å². The van der Waals surface area contributed by atoms with Gasteiger partial charge in [-0.05, 0) is 31.4 Å². The van der Waals surface area contributed by atoms with Crippen molar-refractivity contribution in [2.75, 3.05) is 38.2 Å². The van der Waals surface area contributed by atoms with E-state index in [0.29, 0.717) is 44.8 Å². The topological polar surface area (TPSA) is 97.2 Å². The first kappa shape index (κ1) is 29.5. The summed E-state index contributed by atoms with van der Waals surface area (Å²) >= 11 is 0. The number of ether oxygens (including phenoxy) is 1. The molecule has 4 heterocycles. The summed E-state index contributed by atoms with van der Waals surface area (Å²) in [6.07, 6.45) is 8.17. The van der Waals surface area contributed by atoms with E-state index in [1.54, 1.807) is 44.2 Å². The first-order chi connectivity index (χ1) is 21.7. The summed E-state index contributed by atoms with van der Waals surface area (Å²) in [5.41, 5.74) is 1.17. The van der Waals surface area contributed by atoms with Crippen molar-refractivity contribution < 1.29 is 22.7 Å². The quantitative estimate of drug-likeness (QED) is 0.199. The van der Waals surface area contributed by atoms with Gasteiger partial charge in [0.25, 0.3) is 5.91 Å². The lowest BCUT2D eigenvalue weighted by molar-refractivity contribution is -0.128. The number of halogens is 3. The van der Waals surface area contributed by atoms with E-state index in [1.807, 2.05) is 4.90 Å². The Bertz CT molecular complexity index is 2050. The molecular formula is C33H26F3N7O2. The van der Waals surface area contributed by atoms with E-state index < -0.39 is 23.4 Å². The van der Waals surface area contributed by atoms with Crippen LogP contribution in [0.3, 0.4) is 0 Å². The van der Waals surface area contributed by atoms with Crippen molar-refractivity contribution in [1.29, 1.82) is 0 Å². The Labute approximate surface area is 256 Å². The monoisotopic (exact) mass is 609 g/mol. The van der Waals surface area contributed by atoms with Crippen LogP contribution in [-0.4, -0.2) is 69.0 Å². The van der Waals surface area contributed by atoms with Gasteiger partial charge < -0.3 is 14.5 Å². The lowest BCUT2D eigenvalue weighted by Gasteiger charge is -2.35. The number of piperazine rings is 1. The van der Waals surface area contributed by atoms with Gasteiger partial charge in [0.2, 0.25) is 0 Å². The number of terminal acetylenes is 1. The van der Waals surface area contributed by atoms with Crippen molar-refractivity contribution in [1.82, 2.24) is 29.8 Å². The number of nitrogens with zero attached hydrogens (tertiary/aromatic N) is 7. The molecule has 1 saturated heterocycles.